The van der Waals surface area contributed by atoms with Crippen molar-refractivity contribution in [1.29, 1.82) is 0 Å². The highest BCUT2D eigenvalue weighted by atomic mass is 79.9. The molecule has 1 aliphatic rings. The second-order valence-electron chi connectivity index (χ2n) is 5.54. The zero-order valence-electron chi connectivity index (χ0n) is 13.4. The van der Waals surface area contributed by atoms with Crippen molar-refractivity contribution < 1.29 is 9.47 Å². The Bertz CT molecular complexity index is 915. The summed E-state index contributed by atoms with van der Waals surface area (Å²) >= 11 is 3.42. The number of halogens is 1. The van der Waals surface area contributed by atoms with Crippen molar-refractivity contribution in [3.8, 4) is 11.5 Å². The molecule has 3 aromatic rings. The molecule has 2 aromatic carbocycles. The van der Waals surface area contributed by atoms with E-state index in [1.165, 1.54) is 0 Å². The molecule has 0 fully saturated rings. The van der Waals surface area contributed by atoms with Crippen molar-refractivity contribution >= 4 is 39.1 Å². The molecule has 0 unspecified atom stereocenters. The summed E-state index contributed by atoms with van der Waals surface area (Å²) in [4.78, 5) is 8.96. The van der Waals surface area contributed by atoms with Crippen LogP contribution in [0.3, 0.4) is 0 Å². The van der Waals surface area contributed by atoms with E-state index in [-0.39, 0.29) is 6.79 Å². The first kappa shape index (κ1) is 15.7. The average Bonchev–Trinajstić information content (AvgIpc) is 3.04. The number of benzene rings is 2. The highest BCUT2D eigenvalue weighted by Gasteiger charge is 2.13. The van der Waals surface area contributed by atoms with Crippen molar-refractivity contribution in [2.45, 2.75) is 6.92 Å². The fourth-order valence-corrected chi connectivity index (χ4v) is 2.74. The van der Waals surface area contributed by atoms with Gasteiger partial charge in [0.1, 0.15) is 5.82 Å². The Hall–Kier alpha value is -2.80. The first-order chi connectivity index (χ1) is 12.2. The van der Waals surface area contributed by atoms with Crippen molar-refractivity contribution in [2.75, 3.05) is 17.4 Å². The maximum absolute atomic E-state index is 5.40. The zero-order valence-corrected chi connectivity index (χ0v) is 15.0. The van der Waals surface area contributed by atoms with Crippen LogP contribution in [0.5, 0.6) is 11.5 Å². The predicted molar refractivity (Wildman–Crippen MR) is 100 cm³/mol. The lowest BCUT2D eigenvalue weighted by Crippen LogP contribution is -2.02. The maximum atomic E-state index is 5.40. The third-order valence-electron chi connectivity index (χ3n) is 3.60. The van der Waals surface area contributed by atoms with Gasteiger partial charge in [0, 0.05) is 33.7 Å². The number of nitrogens with one attached hydrogen (secondary N) is 2. The van der Waals surface area contributed by atoms with Crippen LogP contribution < -0.4 is 20.1 Å². The van der Waals surface area contributed by atoms with Gasteiger partial charge < -0.3 is 20.1 Å². The van der Waals surface area contributed by atoms with Crippen LogP contribution in [0.15, 0.2) is 53.0 Å². The van der Waals surface area contributed by atoms with Gasteiger partial charge in [-0.25, -0.2) is 4.98 Å². The van der Waals surface area contributed by atoms with Gasteiger partial charge in [-0.1, -0.05) is 15.9 Å². The van der Waals surface area contributed by atoms with E-state index in [1.807, 2.05) is 55.5 Å². The summed E-state index contributed by atoms with van der Waals surface area (Å²) in [5.41, 5.74) is 2.65. The van der Waals surface area contributed by atoms with Gasteiger partial charge in [0.2, 0.25) is 12.7 Å². The average molecular weight is 399 g/mol. The second-order valence-corrected chi connectivity index (χ2v) is 6.46. The SMILES string of the molecule is Cc1cc(Nc2ccc3c(c2)OCO3)nc(Nc2ccc(Br)cc2)n1. The molecule has 2 N–H and O–H groups in total. The first-order valence-electron chi connectivity index (χ1n) is 7.71. The Balaban J connectivity index is 1.56. The quantitative estimate of drug-likeness (QED) is 0.659. The minimum atomic E-state index is 0.257. The van der Waals surface area contributed by atoms with Crippen molar-refractivity contribution in [3.63, 3.8) is 0 Å². The molecule has 4 rings (SSSR count). The fraction of sp³-hybridized carbons (Fsp3) is 0.111. The molecule has 0 bridgehead atoms. The summed E-state index contributed by atoms with van der Waals surface area (Å²) in [7, 11) is 0. The number of hydrogen-bond donors (Lipinski definition) is 2. The van der Waals surface area contributed by atoms with E-state index in [0.717, 1.165) is 33.0 Å². The van der Waals surface area contributed by atoms with Crippen LogP contribution in [0.4, 0.5) is 23.1 Å². The van der Waals surface area contributed by atoms with Crippen LogP contribution >= 0.6 is 15.9 Å². The molecule has 0 radical (unpaired) electrons. The molecular formula is C18H15BrN4O2. The molecule has 0 amide bonds. The van der Waals surface area contributed by atoms with Crippen LogP contribution in [0, 0.1) is 6.92 Å². The Morgan fingerprint density at radius 3 is 2.48 bits per heavy atom. The Labute approximate surface area is 153 Å². The van der Waals surface area contributed by atoms with E-state index in [4.69, 9.17) is 9.47 Å². The molecular weight excluding hydrogens is 384 g/mol. The zero-order chi connectivity index (χ0) is 17.2. The number of nitrogens with zero attached hydrogens (tertiary/aromatic N) is 2. The Kier molecular flexibility index (Phi) is 4.15. The largest absolute Gasteiger partial charge is 0.454 e. The topological polar surface area (TPSA) is 68.3 Å². The molecule has 7 heteroatoms. The summed E-state index contributed by atoms with van der Waals surface area (Å²) < 4.78 is 11.8. The summed E-state index contributed by atoms with van der Waals surface area (Å²) in [5.74, 6) is 2.71. The molecule has 6 nitrogen and oxygen atoms in total. The third kappa shape index (κ3) is 3.66. The highest BCUT2D eigenvalue weighted by molar-refractivity contribution is 9.10. The molecule has 25 heavy (non-hydrogen) atoms. The number of anilines is 4. The lowest BCUT2D eigenvalue weighted by Gasteiger charge is -2.10. The molecule has 0 atom stereocenters. The Morgan fingerprint density at radius 2 is 1.64 bits per heavy atom. The van der Waals surface area contributed by atoms with Crippen LogP contribution in [0.2, 0.25) is 0 Å². The van der Waals surface area contributed by atoms with Crippen molar-refractivity contribution in [2.24, 2.45) is 0 Å². The number of rotatable bonds is 4. The van der Waals surface area contributed by atoms with E-state index in [1.54, 1.807) is 0 Å². The summed E-state index contributed by atoms with van der Waals surface area (Å²) in [6.45, 7) is 2.19. The van der Waals surface area contributed by atoms with Gasteiger partial charge in [0.05, 0.1) is 0 Å². The third-order valence-corrected chi connectivity index (χ3v) is 4.13. The van der Waals surface area contributed by atoms with E-state index in [2.05, 4.69) is 36.5 Å². The van der Waals surface area contributed by atoms with E-state index < -0.39 is 0 Å². The molecule has 0 saturated carbocycles. The number of fused-ring (bicyclic) bond motifs is 1. The predicted octanol–water partition coefficient (Wildman–Crippen LogP) is 4.76. The molecule has 0 saturated heterocycles. The molecule has 2 heterocycles. The first-order valence-corrected chi connectivity index (χ1v) is 8.50. The van der Waals surface area contributed by atoms with Crippen LogP contribution in [-0.4, -0.2) is 16.8 Å². The maximum Gasteiger partial charge on any atom is 0.231 e. The van der Waals surface area contributed by atoms with Gasteiger partial charge in [0.15, 0.2) is 11.5 Å². The van der Waals surface area contributed by atoms with Gasteiger partial charge in [-0.3, -0.25) is 0 Å². The second kappa shape index (κ2) is 6.60. The molecule has 126 valence electrons. The van der Waals surface area contributed by atoms with E-state index in [9.17, 15) is 0 Å². The van der Waals surface area contributed by atoms with Gasteiger partial charge in [-0.05, 0) is 43.3 Å². The van der Waals surface area contributed by atoms with Crippen molar-refractivity contribution in [3.05, 3.63) is 58.7 Å². The van der Waals surface area contributed by atoms with Gasteiger partial charge in [0.25, 0.3) is 0 Å². The van der Waals surface area contributed by atoms with Gasteiger partial charge in [-0.2, -0.15) is 4.98 Å². The van der Waals surface area contributed by atoms with Crippen LogP contribution in [0.1, 0.15) is 5.69 Å². The highest BCUT2D eigenvalue weighted by Crippen LogP contribution is 2.35. The number of ether oxygens (including phenoxy) is 2. The standard InChI is InChI=1S/C18H15BrN4O2/c1-11-8-17(21-14-6-7-15-16(9-14)25-10-24-15)23-18(20-11)22-13-4-2-12(19)3-5-13/h2-9H,10H2,1H3,(H2,20,21,22,23). The van der Waals surface area contributed by atoms with Crippen LogP contribution in [0.25, 0.3) is 0 Å². The molecule has 0 spiro atoms. The fourth-order valence-electron chi connectivity index (χ4n) is 2.47. The molecule has 1 aliphatic heterocycles. The number of aromatic nitrogens is 2. The van der Waals surface area contributed by atoms with Crippen molar-refractivity contribution in [1.82, 2.24) is 9.97 Å². The lowest BCUT2D eigenvalue weighted by atomic mass is 10.2. The molecule has 0 aliphatic carbocycles. The Morgan fingerprint density at radius 1 is 0.880 bits per heavy atom. The van der Waals surface area contributed by atoms with Gasteiger partial charge in [-0.15, -0.1) is 0 Å². The number of aryl methyl sites for hydroxylation is 1. The summed E-state index contributed by atoms with van der Waals surface area (Å²) in [6.07, 6.45) is 0. The normalized spacial score (nSPS) is 12.1. The minimum Gasteiger partial charge on any atom is -0.454 e. The van der Waals surface area contributed by atoms with Crippen LogP contribution in [-0.2, 0) is 0 Å². The molecule has 1 aromatic heterocycles. The smallest absolute Gasteiger partial charge is 0.231 e. The van der Waals surface area contributed by atoms with E-state index >= 15 is 0 Å². The van der Waals surface area contributed by atoms with Gasteiger partial charge >= 0.3 is 0 Å². The summed E-state index contributed by atoms with van der Waals surface area (Å²) in [5, 5.41) is 6.49. The number of hydrogen-bond acceptors (Lipinski definition) is 6. The minimum absolute atomic E-state index is 0.257. The lowest BCUT2D eigenvalue weighted by molar-refractivity contribution is 0.174. The van der Waals surface area contributed by atoms with E-state index in [0.29, 0.717) is 11.8 Å². The monoisotopic (exact) mass is 398 g/mol. The summed E-state index contributed by atoms with van der Waals surface area (Å²) in [6, 6.07) is 15.4.